The van der Waals surface area contributed by atoms with Crippen molar-refractivity contribution >= 4 is 23.2 Å². The topological polar surface area (TPSA) is 44.4 Å². The fraction of sp³-hybridized carbons (Fsp3) is 0.381. The third kappa shape index (κ3) is 5.31. The predicted octanol–water partition coefficient (Wildman–Crippen LogP) is 4.23. The molecule has 138 valence electrons. The molecule has 1 aliphatic rings. The van der Waals surface area contributed by atoms with Gasteiger partial charge in [0.25, 0.3) is 0 Å². The summed E-state index contributed by atoms with van der Waals surface area (Å²) in [6.45, 7) is 5.61. The van der Waals surface area contributed by atoms with Gasteiger partial charge in [-0.15, -0.1) is 0 Å². The number of carbonyl (C=O) groups is 1. The van der Waals surface area contributed by atoms with Crippen molar-refractivity contribution < 1.29 is 4.79 Å². The van der Waals surface area contributed by atoms with Gasteiger partial charge >= 0.3 is 0 Å². The number of benzene rings is 2. The Morgan fingerprint density at radius 1 is 1.12 bits per heavy atom. The summed E-state index contributed by atoms with van der Waals surface area (Å²) in [5, 5.41) is 6.86. The van der Waals surface area contributed by atoms with Crippen LogP contribution in [0.25, 0.3) is 0 Å². The first-order chi connectivity index (χ1) is 12.6. The van der Waals surface area contributed by atoms with Crippen LogP contribution in [0.15, 0.2) is 48.5 Å². The Morgan fingerprint density at radius 3 is 2.50 bits per heavy atom. The van der Waals surface area contributed by atoms with Crippen LogP contribution in [0.2, 0.25) is 5.02 Å². The van der Waals surface area contributed by atoms with Crippen LogP contribution in [0.1, 0.15) is 36.9 Å². The molecule has 1 atom stereocenters. The molecule has 2 N–H and O–H groups in total. The van der Waals surface area contributed by atoms with E-state index in [1.807, 2.05) is 43.3 Å². The fourth-order valence-corrected chi connectivity index (χ4v) is 3.58. The Labute approximate surface area is 160 Å². The lowest BCUT2D eigenvalue weighted by molar-refractivity contribution is -0.115. The zero-order valence-electron chi connectivity index (χ0n) is 15.2. The normalized spacial score (nSPS) is 15.8. The summed E-state index contributed by atoms with van der Waals surface area (Å²) < 4.78 is 0. The van der Waals surface area contributed by atoms with Crippen molar-refractivity contribution in [2.75, 3.05) is 25.0 Å². The summed E-state index contributed by atoms with van der Waals surface area (Å²) in [6, 6.07) is 15.8. The van der Waals surface area contributed by atoms with E-state index in [1.54, 1.807) is 0 Å². The number of likely N-dealkylation sites (tertiary alicyclic amines) is 1. The maximum absolute atomic E-state index is 12.2. The highest BCUT2D eigenvalue weighted by Gasteiger charge is 2.12. The zero-order chi connectivity index (χ0) is 18.4. The van der Waals surface area contributed by atoms with Crippen molar-refractivity contribution in [2.24, 2.45) is 0 Å². The second-order valence-corrected chi connectivity index (χ2v) is 7.26. The average molecular weight is 372 g/mol. The Bertz CT molecular complexity index is 726. The van der Waals surface area contributed by atoms with Gasteiger partial charge in [-0.1, -0.05) is 41.9 Å². The van der Waals surface area contributed by atoms with E-state index < -0.39 is 0 Å². The quantitative estimate of drug-likeness (QED) is 0.765. The lowest BCUT2D eigenvalue weighted by Crippen LogP contribution is -2.30. The van der Waals surface area contributed by atoms with Gasteiger partial charge in [0.15, 0.2) is 0 Å². The van der Waals surface area contributed by atoms with E-state index >= 15 is 0 Å². The molecule has 26 heavy (non-hydrogen) atoms. The SMILES string of the molecule is C[C@@H](NCC(=O)Nc1ccc(CN2CCCC2)cc1)c1ccccc1Cl. The third-order valence-electron chi connectivity index (χ3n) is 4.78. The van der Waals surface area contributed by atoms with E-state index in [1.165, 1.54) is 31.5 Å². The molecule has 0 radical (unpaired) electrons. The van der Waals surface area contributed by atoms with E-state index in [4.69, 9.17) is 11.6 Å². The molecule has 0 aromatic heterocycles. The summed E-state index contributed by atoms with van der Waals surface area (Å²) in [4.78, 5) is 14.6. The number of nitrogens with one attached hydrogen (secondary N) is 2. The van der Waals surface area contributed by atoms with Crippen LogP contribution in [0.3, 0.4) is 0 Å². The van der Waals surface area contributed by atoms with Crippen LogP contribution in [-0.2, 0) is 11.3 Å². The highest BCUT2D eigenvalue weighted by molar-refractivity contribution is 6.31. The molecule has 2 aromatic rings. The molecule has 3 rings (SSSR count). The van der Waals surface area contributed by atoms with Crippen molar-refractivity contribution in [3.63, 3.8) is 0 Å². The molecule has 1 fully saturated rings. The van der Waals surface area contributed by atoms with E-state index in [0.717, 1.165) is 17.8 Å². The van der Waals surface area contributed by atoms with Crippen molar-refractivity contribution in [3.05, 3.63) is 64.7 Å². The number of hydrogen-bond acceptors (Lipinski definition) is 3. The van der Waals surface area contributed by atoms with Crippen LogP contribution in [0.4, 0.5) is 5.69 Å². The lowest BCUT2D eigenvalue weighted by atomic mass is 10.1. The lowest BCUT2D eigenvalue weighted by Gasteiger charge is -2.16. The first-order valence-corrected chi connectivity index (χ1v) is 9.58. The van der Waals surface area contributed by atoms with Crippen molar-refractivity contribution in [1.82, 2.24) is 10.2 Å². The molecule has 1 heterocycles. The van der Waals surface area contributed by atoms with Crippen LogP contribution in [-0.4, -0.2) is 30.4 Å². The Hall–Kier alpha value is -1.88. The molecule has 2 aromatic carbocycles. The van der Waals surface area contributed by atoms with Gasteiger partial charge in [-0.3, -0.25) is 9.69 Å². The van der Waals surface area contributed by atoms with E-state index in [-0.39, 0.29) is 18.5 Å². The summed E-state index contributed by atoms with van der Waals surface area (Å²) in [5.74, 6) is -0.0591. The maximum atomic E-state index is 12.2. The summed E-state index contributed by atoms with van der Waals surface area (Å²) in [6.07, 6.45) is 2.60. The molecule has 5 heteroatoms. The molecule has 1 amide bonds. The van der Waals surface area contributed by atoms with Gasteiger partial charge in [-0.25, -0.2) is 0 Å². The Morgan fingerprint density at radius 2 is 1.81 bits per heavy atom. The van der Waals surface area contributed by atoms with Crippen molar-refractivity contribution in [1.29, 1.82) is 0 Å². The zero-order valence-corrected chi connectivity index (χ0v) is 15.9. The first-order valence-electron chi connectivity index (χ1n) is 9.21. The number of anilines is 1. The van der Waals surface area contributed by atoms with Gasteiger partial charge in [-0.2, -0.15) is 0 Å². The minimum Gasteiger partial charge on any atom is -0.325 e. The molecule has 1 saturated heterocycles. The smallest absolute Gasteiger partial charge is 0.238 e. The number of carbonyl (C=O) groups excluding carboxylic acids is 1. The summed E-state index contributed by atoms with van der Waals surface area (Å²) >= 11 is 6.20. The molecule has 0 bridgehead atoms. The number of rotatable bonds is 7. The number of halogens is 1. The van der Waals surface area contributed by atoms with Gasteiger partial charge in [0.2, 0.25) is 5.91 Å². The average Bonchev–Trinajstić information content (AvgIpc) is 3.15. The van der Waals surface area contributed by atoms with Gasteiger partial charge in [0, 0.05) is 23.3 Å². The molecule has 4 nitrogen and oxygen atoms in total. The largest absolute Gasteiger partial charge is 0.325 e. The summed E-state index contributed by atoms with van der Waals surface area (Å²) in [7, 11) is 0. The highest BCUT2D eigenvalue weighted by atomic mass is 35.5. The van der Waals surface area contributed by atoms with Crippen molar-refractivity contribution in [2.45, 2.75) is 32.4 Å². The molecule has 0 aliphatic carbocycles. The van der Waals surface area contributed by atoms with Gasteiger partial charge in [0.1, 0.15) is 0 Å². The number of amides is 1. The Balaban J connectivity index is 1.46. The van der Waals surface area contributed by atoms with Crippen LogP contribution >= 0.6 is 11.6 Å². The van der Waals surface area contributed by atoms with Gasteiger partial charge < -0.3 is 10.6 Å². The molecule has 0 saturated carbocycles. The Kier molecular flexibility index (Phi) is 6.67. The van der Waals surface area contributed by atoms with E-state index in [0.29, 0.717) is 5.02 Å². The third-order valence-corrected chi connectivity index (χ3v) is 5.13. The van der Waals surface area contributed by atoms with Crippen molar-refractivity contribution in [3.8, 4) is 0 Å². The molecular formula is C21H26ClN3O. The minimum absolute atomic E-state index is 0.0114. The monoisotopic (exact) mass is 371 g/mol. The second-order valence-electron chi connectivity index (χ2n) is 6.85. The van der Waals surface area contributed by atoms with Gasteiger partial charge in [0.05, 0.1) is 6.54 Å². The van der Waals surface area contributed by atoms with E-state index in [2.05, 4.69) is 27.7 Å². The first kappa shape index (κ1) is 18.9. The molecule has 1 aliphatic heterocycles. The van der Waals surface area contributed by atoms with Crippen LogP contribution in [0.5, 0.6) is 0 Å². The van der Waals surface area contributed by atoms with Crippen LogP contribution in [0, 0.1) is 0 Å². The minimum atomic E-state index is -0.0591. The number of nitrogens with zero attached hydrogens (tertiary/aromatic N) is 1. The molecule has 0 unspecified atom stereocenters. The van der Waals surface area contributed by atoms with Gasteiger partial charge in [-0.05, 0) is 62.2 Å². The molecule has 0 spiro atoms. The summed E-state index contributed by atoms with van der Waals surface area (Å²) in [5.41, 5.74) is 3.11. The second kappa shape index (κ2) is 9.17. The fourth-order valence-electron chi connectivity index (χ4n) is 3.28. The standard InChI is InChI=1S/C21H26ClN3O/c1-16(19-6-2-3-7-20(19)22)23-14-21(26)24-18-10-8-17(9-11-18)15-25-12-4-5-13-25/h2-3,6-11,16,23H,4-5,12-15H2,1H3,(H,24,26)/t16-/m1/s1. The van der Waals surface area contributed by atoms with Crippen LogP contribution < -0.4 is 10.6 Å². The predicted molar refractivity (Wildman–Crippen MR) is 107 cm³/mol. The number of hydrogen-bond donors (Lipinski definition) is 2. The molecular weight excluding hydrogens is 346 g/mol. The van der Waals surface area contributed by atoms with E-state index in [9.17, 15) is 4.79 Å². The maximum Gasteiger partial charge on any atom is 0.238 e. The highest BCUT2D eigenvalue weighted by Crippen LogP contribution is 2.22.